The molecule has 0 saturated carbocycles. The number of aromatic nitrogens is 4. The minimum absolute atomic E-state index is 0.0216. The van der Waals surface area contributed by atoms with Crippen molar-refractivity contribution in [1.29, 1.82) is 0 Å². The number of methoxy groups -OCH3 is 1. The Morgan fingerprint density at radius 2 is 1.94 bits per heavy atom. The minimum Gasteiger partial charge on any atom is -0.504 e. The lowest BCUT2D eigenvalue weighted by Crippen LogP contribution is -2.38. The van der Waals surface area contributed by atoms with Gasteiger partial charge in [0.2, 0.25) is 0 Å². The fraction of sp³-hybridized carbons (Fsp3) is 0.476. The zero-order chi connectivity index (χ0) is 22.0. The van der Waals surface area contributed by atoms with Crippen LogP contribution in [-0.2, 0) is 17.8 Å². The summed E-state index contributed by atoms with van der Waals surface area (Å²) in [5, 5.41) is 10.3. The number of aromatic hydroxyl groups is 1. The third-order valence-electron chi connectivity index (χ3n) is 5.51. The molecule has 2 N–H and O–H groups in total. The van der Waals surface area contributed by atoms with Crippen LogP contribution in [0.15, 0.2) is 27.8 Å². The van der Waals surface area contributed by atoms with Gasteiger partial charge in [0, 0.05) is 38.3 Å². The number of aromatic amines is 1. The van der Waals surface area contributed by atoms with Crippen molar-refractivity contribution in [2.45, 2.75) is 26.4 Å². The number of fused-ring (bicyclic) bond motifs is 1. The van der Waals surface area contributed by atoms with Gasteiger partial charge in [0.05, 0.1) is 20.3 Å². The van der Waals surface area contributed by atoms with E-state index in [0.29, 0.717) is 61.1 Å². The maximum atomic E-state index is 12.8. The second-order valence-electron chi connectivity index (χ2n) is 7.51. The van der Waals surface area contributed by atoms with E-state index >= 15 is 0 Å². The summed E-state index contributed by atoms with van der Waals surface area (Å²) in [6, 6.07) is 4.99. The van der Waals surface area contributed by atoms with Crippen LogP contribution in [0.2, 0.25) is 0 Å². The molecule has 0 spiro atoms. The molecule has 10 nitrogen and oxygen atoms in total. The number of nitrogens with one attached hydrogen (secondary N) is 1. The highest BCUT2D eigenvalue weighted by atomic mass is 16.5. The Hall–Kier alpha value is -3.11. The van der Waals surface area contributed by atoms with Crippen molar-refractivity contribution in [2.75, 3.05) is 40.0 Å². The Bertz CT molecular complexity index is 1190. The Morgan fingerprint density at radius 1 is 1.16 bits per heavy atom. The van der Waals surface area contributed by atoms with Gasteiger partial charge in [0.15, 0.2) is 22.7 Å². The first kappa shape index (κ1) is 21.1. The molecule has 166 valence electrons. The van der Waals surface area contributed by atoms with Gasteiger partial charge in [-0.05, 0) is 24.6 Å². The van der Waals surface area contributed by atoms with Crippen molar-refractivity contribution in [3.05, 3.63) is 39.0 Å². The lowest BCUT2D eigenvalue weighted by molar-refractivity contribution is 0.0365. The average molecular weight is 429 g/mol. The Labute approximate surface area is 178 Å². The number of aryl methyl sites for hydroxylation is 1. The fourth-order valence-corrected chi connectivity index (χ4v) is 3.94. The molecule has 0 radical (unpaired) electrons. The molecule has 0 atom stereocenters. The molecule has 0 unspecified atom stereocenters. The third-order valence-corrected chi connectivity index (χ3v) is 5.51. The first-order chi connectivity index (χ1) is 15.0. The van der Waals surface area contributed by atoms with Crippen LogP contribution >= 0.6 is 0 Å². The summed E-state index contributed by atoms with van der Waals surface area (Å²) in [5.41, 5.74) is 0.396. The van der Waals surface area contributed by atoms with E-state index in [1.807, 2.05) is 11.5 Å². The average Bonchev–Trinajstić information content (AvgIpc) is 3.15. The first-order valence-corrected chi connectivity index (χ1v) is 10.4. The number of phenolic OH excluding ortho intramolecular Hbond substituents is 1. The van der Waals surface area contributed by atoms with Crippen LogP contribution in [0.3, 0.4) is 0 Å². The molecule has 2 aromatic heterocycles. The number of benzene rings is 1. The summed E-state index contributed by atoms with van der Waals surface area (Å²) in [6.07, 6.45) is 0.723. The summed E-state index contributed by atoms with van der Waals surface area (Å²) in [4.78, 5) is 34.6. The first-order valence-electron chi connectivity index (χ1n) is 10.4. The number of H-pyrrole nitrogens is 1. The second kappa shape index (κ2) is 8.94. The monoisotopic (exact) mass is 429 g/mol. The molecule has 3 aromatic rings. The number of hydrogen-bond donors (Lipinski definition) is 2. The lowest BCUT2D eigenvalue weighted by atomic mass is 10.2. The van der Waals surface area contributed by atoms with Crippen LogP contribution in [0.1, 0.15) is 13.3 Å². The number of morpholine rings is 1. The van der Waals surface area contributed by atoms with E-state index in [2.05, 4.69) is 9.88 Å². The van der Waals surface area contributed by atoms with Gasteiger partial charge < -0.3 is 19.1 Å². The Morgan fingerprint density at radius 3 is 2.61 bits per heavy atom. The molecule has 0 amide bonds. The molecule has 0 aliphatic carbocycles. The zero-order valence-electron chi connectivity index (χ0n) is 17.8. The van der Waals surface area contributed by atoms with Gasteiger partial charge in [-0.15, -0.1) is 0 Å². The van der Waals surface area contributed by atoms with Gasteiger partial charge in [0.1, 0.15) is 5.82 Å². The quantitative estimate of drug-likeness (QED) is 0.576. The molecule has 1 fully saturated rings. The number of phenols is 1. The van der Waals surface area contributed by atoms with Gasteiger partial charge in [-0.1, -0.05) is 6.92 Å². The van der Waals surface area contributed by atoms with Crippen LogP contribution in [0.25, 0.3) is 22.6 Å². The van der Waals surface area contributed by atoms with Gasteiger partial charge in [0.25, 0.3) is 5.56 Å². The highest BCUT2D eigenvalue weighted by Crippen LogP contribution is 2.32. The molecule has 1 aromatic carbocycles. The molecule has 31 heavy (non-hydrogen) atoms. The number of ether oxygens (including phenoxy) is 2. The van der Waals surface area contributed by atoms with Crippen molar-refractivity contribution < 1.29 is 14.6 Å². The highest BCUT2D eigenvalue weighted by Gasteiger charge is 2.21. The van der Waals surface area contributed by atoms with Gasteiger partial charge in [-0.3, -0.25) is 19.2 Å². The molecule has 1 aliphatic heterocycles. The van der Waals surface area contributed by atoms with E-state index in [1.165, 1.54) is 11.7 Å². The fourth-order valence-electron chi connectivity index (χ4n) is 3.94. The normalized spacial score (nSPS) is 14.9. The van der Waals surface area contributed by atoms with Crippen molar-refractivity contribution >= 4 is 11.2 Å². The van der Waals surface area contributed by atoms with Crippen LogP contribution in [-0.4, -0.2) is 69.1 Å². The van der Waals surface area contributed by atoms with E-state index in [1.54, 1.807) is 18.2 Å². The molecule has 0 bridgehead atoms. The van der Waals surface area contributed by atoms with Gasteiger partial charge in [-0.2, -0.15) is 0 Å². The van der Waals surface area contributed by atoms with Crippen molar-refractivity contribution in [3.63, 3.8) is 0 Å². The SMILES string of the molecule is CCCn1c(=O)[nH]c(=O)c2c1nc(-c1ccc(OC)c(O)c1)n2CCN1CCOCC1. The largest absolute Gasteiger partial charge is 0.504 e. The molecule has 10 heteroatoms. The van der Waals surface area contributed by atoms with Crippen LogP contribution < -0.4 is 16.0 Å². The Kier molecular flexibility index (Phi) is 6.10. The second-order valence-corrected chi connectivity index (χ2v) is 7.51. The number of hydrogen-bond acceptors (Lipinski definition) is 7. The van der Waals surface area contributed by atoms with Crippen LogP contribution in [0, 0.1) is 0 Å². The van der Waals surface area contributed by atoms with E-state index in [-0.39, 0.29) is 5.75 Å². The predicted molar refractivity (Wildman–Crippen MR) is 116 cm³/mol. The van der Waals surface area contributed by atoms with E-state index in [0.717, 1.165) is 19.5 Å². The van der Waals surface area contributed by atoms with Crippen molar-refractivity contribution in [1.82, 2.24) is 24.0 Å². The topological polar surface area (TPSA) is 115 Å². The van der Waals surface area contributed by atoms with E-state index in [9.17, 15) is 14.7 Å². The predicted octanol–water partition coefficient (Wildman–Crippen LogP) is 1.01. The van der Waals surface area contributed by atoms with E-state index < -0.39 is 11.2 Å². The zero-order valence-corrected chi connectivity index (χ0v) is 17.8. The van der Waals surface area contributed by atoms with E-state index in [4.69, 9.17) is 14.5 Å². The molecular formula is C21H27N5O5. The van der Waals surface area contributed by atoms with Crippen molar-refractivity contribution in [2.24, 2.45) is 0 Å². The molecule has 1 aliphatic rings. The summed E-state index contributed by atoms with van der Waals surface area (Å²) >= 11 is 0. The molecule has 4 rings (SSSR count). The summed E-state index contributed by atoms with van der Waals surface area (Å²) in [7, 11) is 1.48. The molecule has 1 saturated heterocycles. The third kappa shape index (κ3) is 4.08. The Balaban J connectivity index is 1.87. The molecule has 3 heterocycles. The number of imidazole rings is 1. The van der Waals surface area contributed by atoms with Crippen LogP contribution in [0.5, 0.6) is 11.5 Å². The lowest BCUT2D eigenvalue weighted by Gasteiger charge is -2.26. The number of rotatable bonds is 7. The standard InChI is InChI=1S/C21H27N5O5/c1-3-6-26-19-17(20(28)23-21(26)29)25(8-7-24-9-11-31-12-10-24)18(22-19)14-4-5-16(30-2)15(27)13-14/h4-5,13,27H,3,6-12H2,1-2H3,(H,23,28,29). The van der Waals surface area contributed by atoms with Crippen LogP contribution in [0.4, 0.5) is 0 Å². The summed E-state index contributed by atoms with van der Waals surface area (Å²) in [6.45, 7) is 6.62. The maximum Gasteiger partial charge on any atom is 0.330 e. The smallest absolute Gasteiger partial charge is 0.330 e. The minimum atomic E-state index is -0.471. The summed E-state index contributed by atoms with van der Waals surface area (Å²) < 4.78 is 13.9. The maximum absolute atomic E-state index is 12.8. The highest BCUT2D eigenvalue weighted by molar-refractivity contribution is 5.77. The van der Waals surface area contributed by atoms with Gasteiger partial charge in [-0.25, -0.2) is 9.78 Å². The van der Waals surface area contributed by atoms with Gasteiger partial charge >= 0.3 is 5.69 Å². The summed E-state index contributed by atoms with van der Waals surface area (Å²) in [5.74, 6) is 0.842. The number of nitrogens with zero attached hydrogens (tertiary/aromatic N) is 4. The van der Waals surface area contributed by atoms with Crippen molar-refractivity contribution in [3.8, 4) is 22.9 Å². The molecular weight excluding hydrogens is 402 g/mol.